The summed E-state index contributed by atoms with van der Waals surface area (Å²) in [6, 6.07) is 15.4. The standard InChI is InChI=1S/C18H14Cl2N2O3/c19-14-7-6-13(16(20)11-14)10-18(24)25-12-17(23)22(9-8-21)15-4-2-1-3-5-15/h1-7,11H,9-10,12H2. The molecule has 0 saturated carbocycles. The van der Waals surface area contributed by atoms with Crippen LogP contribution in [0.2, 0.25) is 10.0 Å². The van der Waals surface area contributed by atoms with Crippen molar-refractivity contribution in [3.05, 3.63) is 64.1 Å². The molecule has 128 valence electrons. The van der Waals surface area contributed by atoms with Gasteiger partial charge >= 0.3 is 5.97 Å². The maximum Gasteiger partial charge on any atom is 0.310 e. The second-order valence-corrected chi connectivity index (χ2v) is 5.89. The molecule has 0 saturated heterocycles. The monoisotopic (exact) mass is 376 g/mol. The minimum atomic E-state index is -0.595. The van der Waals surface area contributed by atoms with Gasteiger partial charge in [0.05, 0.1) is 12.5 Å². The lowest BCUT2D eigenvalue weighted by Crippen LogP contribution is -2.35. The van der Waals surface area contributed by atoms with Gasteiger partial charge in [-0.2, -0.15) is 5.26 Å². The average Bonchev–Trinajstić information content (AvgIpc) is 2.61. The van der Waals surface area contributed by atoms with Crippen LogP contribution in [0, 0.1) is 11.3 Å². The number of amides is 1. The SMILES string of the molecule is N#CCN(C(=O)COC(=O)Cc1ccc(Cl)cc1Cl)c1ccccc1. The summed E-state index contributed by atoms with van der Waals surface area (Å²) in [5.74, 6) is -1.08. The lowest BCUT2D eigenvalue weighted by Gasteiger charge is -2.19. The summed E-state index contributed by atoms with van der Waals surface area (Å²) in [4.78, 5) is 25.4. The quantitative estimate of drug-likeness (QED) is 0.569. The molecule has 2 aromatic rings. The summed E-state index contributed by atoms with van der Waals surface area (Å²) in [5.41, 5.74) is 1.12. The average molecular weight is 377 g/mol. The van der Waals surface area contributed by atoms with Gasteiger partial charge in [0.15, 0.2) is 6.61 Å². The van der Waals surface area contributed by atoms with Crippen LogP contribution in [-0.4, -0.2) is 25.0 Å². The maximum atomic E-state index is 12.3. The number of nitriles is 1. The predicted octanol–water partition coefficient (Wildman–Crippen LogP) is 3.64. The number of carbonyl (C=O) groups is 2. The Kier molecular flexibility index (Phi) is 6.81. The van der Waals surface area contributed by atoms with E-state index in [4.69, 9.17) is 33.2 Å². The van der Waals surface area contributed by atoms with E-state index in [2.05, 4.69) is 0 Å². The molecule has 0 aliphatic carbocycles. The highest BCUT2D eigenvalue weighted by Gasteiger charge is 2.18. The van der Waals surface area contributed by atoms with Gasteiger partial charge in [-0.25, -0.2) is 0 Å². The van der Waals surface area contributed by atoms with E-state index < -0.39 is 18.5 Å². The molecule has 1 amide bonds. The minimum Gasteiger partial charge on any atom is -0.455 e. The molecular formula is C18H14Cl2N2O3. The largest absolute Gasteiger partial charge is 0.455 e. The second kappa shape index (κ2) is 9.07. The Morgan fingerprint density at radius 2 is 1.84 bits per heavy atom. The molecule has 2 aromatic carbocycles. The molecule has 5 nitrogen and oxygen atoms in total. The molecular weight excluding hydrogens is 363 g/mol. The van der Waals surface area contributed by atoms with Crippen LogP contribution in [0.1, 0.15) is 5.56 Å². The van der Waals surface area contributed by atoms with Gasteiger partial charge in [0, 0.05) is 15.7 Å². The zero-order valence-corrected chi connectivity index (χ0v) is 14.6. The summed E-state index contributed by atoms with van der Waals surface area (Å²) in [6.45, 7) is -0.593. The number of hydrogen-bond donors (Lipinski definition) is 0. The van der Waals surface area contributed by atoms with E-state index in [0.717, 1.165) is 0 Å². The summed E-state index contributed by atoms with van der Waals surface area (Å²) in [7, 11) is 0. The number of rotatable bonds is 6. The first-order valence-electron chi connectivity index (χ1n) is 7.33. The second-order valence-electron chi connectivity index (χ2n) is 5.05. The van der Waals surface area contributed by atoms with Crippen LogP contribution in [0.5, 0.6) is 0 Å². The Balaban J connectivity index is 1.95. The van der Waals surface area contributed by atoms with Crippen molar-refractivity contribution < 1.29 is 14.3 Å². The molecule has 0 radical (unpaired) electrons. The first-order valence-corrected chi connectivity index (χ1v) is 8.08. The lowest BCUT2D eigenvalue weighted by atomic mass is 10.1. The van der Waals surface area contributed by atoms with Crippen molar-refractivity contribution in [1.82, 2.24) is 0 Å². The van der Waals surface area contributed by atoms with E-state index in [1.807, 2.05) is 6.07 Å². The van der Waals surface area contributed by atoms with Gasteiger partial charge in [-0.15, -0.1) is 0 Å². The van der Waals surface area contributed by atoms with Crippen molar-refractivity contribution in [3.63, 3.8) is 0 Å². The summed E-state index contributed by atoms with van der Waals surface area (Å²) in [5, 5.41) is 9.71. The van der Waals surface area contributed by atoms with Gasteiger partial charge < -0.3 is 4.74 Å². The van der Waals surface area contributed by atoms with Crippen molar-refractivity contribution in [2.24, 2.45) is 0 Å². The zero-order chi connectivity index (χ0) is 18.2. The van der Waals surface area contributed by atoms with Gasteiger partial charge in [0.2, 0.25) is 0 Å². The summed E-state index contributed by atoms with van der Waals surface area (Å²) < 4.78 is 5.01. The van der Waals surface area contributed by atoms with Gasteiger partial charge in [0.25, 0.3) is 5.91 Å². The highest BCUT2D eigenvalue weighted by molar-refractivity contribution is 6.35. The number of ether oxygens (including phenoxy) is 1. The highest BCUT2D eigenvalue weighted by Crippen LogP contribution is 2.21. The fraction of sp³-hybridized carbons (Fsp3) is 0.167. The lowest BCUT2D eigenvalue weighted by molar-refractivity contribution is -0.147. The number of carbonyl (C=O) groups excluding carboxylic acids is 2. The molecule has 0 fully saturated rings. The van der Waals surface area contributed by atoms with Crippen molar-refractivity contribution in [2.45, 2.75) is 6.42 Å². The molecule has 0 atom stereocenters. The van der Waals surface area contributed by atoms with Crippen molar-refractivity contribution in [2.75, 3.05) is 18.1 Å². The molecule has 0 aliphatic heterocycles. The molecule has 2 rings (SSSR count). The smallest absolute Gasteiger partial charge is 0.310 e. The third-order valence-electron chi connectivity index (χ3n) is 3.30. The predicted molar refractivity (Wildman–Crippen MR) is 95.5 cm³/mol. The molecule has 7 heteroatoms. The fourth-order valence-corrected chi connectivity index (χ4v) is 2.57. The molecule has 0 aromatic heterocycles. The van der Waals surface area contributed by atoms with Crippen LogP contribution in [0.3, 0.4) is 0 Å². The van der Waals surface area contributed by atoms with Gasteiger partial charge in [-0.1, -0.05) is 47.5 Å². The first-order chi connectivity index (χ1) is 12.0. The third kappa shape index (κ3) is 5.49. The Bertz CT molecular complexity index is 804. The molecule has 0 spiro atoms. The normalized spacial score (nSPS) is 9.96. The Hall–Kier alpha value is -2.55. The van der Waals surface area contributed by atoms with Gasteiger partial charge in [-0.3, -0.25) is 14.5 Å². The van der Waals surface area contributed by atoms with E-state index in [0.29, 0.717) is 21.3 Å². The van der Waals surface area contributed by atoms with E-state index >= 15 is 0 Å². The zero-order valence-electron chi connectivity index (χ0n) is 13.1. The van der Waals surface area contributed by atoms with Crippen molar-refractivity contribution in [1.29, 1.82) is 5.26 Å². The van der Waals surface area contributed by atoms with Crippen LogP contribution in [-0.2, 0) is 20.7 Å². The number of halogens is 2. The van der Waals surface area contributed by atoms with Crippen LogP contribution >= 0.6 is 23.2 Å². The van der Waals surface area contributed by atoms with Crippen molar-refractivity contribution in [3.8, 4) is 6.07 Å². The molecule has 0 N–H and O–H groups in total. The third-order valence-corrected chi connectivity index (χ3v) is 3.89. The van der Waals surface area contributed by atoms with Crippen molar-refractivity contribution >= 4 is 40.8 Å². The topological polar surface area (TPSA) is 70.4 Å². The van der Waals surface area contributed by atoms with Crippen LogP contribution in [0.25, 0.3) is 0 Å². The van der Waals surface area contributed by atoms with E-state index in [9.17, 15) is 9.59 Å². The molecule has 0 bridgehead atoms. The number of nitrogens with zero attached hydrogens (tertiary/aromatic N) is 2. The fourth-order valence-electron chi connectivity index (χ4n) is 2.09. The molecule has 25 heavy (non-hydrogen) atoms. The van der Waals surface area contributed by atoms with Crippen LogP contribution in [0.15, 0.2) is 48.5 Å². The van der Waals surface area contributed by atoms with Gasteiger partial charge in [-0.05, 0) is 29.8 Å². The highest BCUT2D eigenvalue weighted by atomic mass is 35.5. The molecule has 0 unspecified atom stereocenters. The summed E-state index contributed by atoms with van der Waals surface area (Å²) in [6.07, 6.45) is -0.0765. The van der Waals surface area contributed by atoms with Gasteiger partial charge in [0.1, 0.15) is 6.54 Å². The Labute approximate surface area is 155 Å². The number of hydrogen-bond acceptors (Lipinski definition) is 4. The van der Waals surface area contributed by atoms with Crippen LogP contribution < -0.4 is 4.90 Å². The maximum absolute atomic E-state index is 12.3. The van der Waals surface area contributed by atoms with E-state index in [-0.39, 0.29) is 13.0 Å². The number of anilines is 1. The number of esters is 1. The Morgan fingerprint density at radius 1 is 1.12 bits per heavy atom. The minimum absolute atomic E-state index is 0.0765. The Morgan fingerprint density at radius 3 is 2.48 bits per heavy atom. The van der Waals surface area contributed by atoms with E-state index in [1.165, 1.54) is 11.0 Å². The molecule has 0 heterocycles. The summed E-state index contributed by atoms with van der Waals surface area (Å²) >= 11 is 11.8. The van der Waals surface area contributed by atoms with Crippen LogP contribution in [0.4, 0.5) is 5.69 Å². The number of benzene rings is 2. The first kappa shape index (κ1) is 18.8. The number of para-hydroxylation sites is 1. The van der Waals surface area contributed by atoms with E-state index in [1.54, 1.807) is 42.5 Å². The molecule has 0 aliphatic rings.